The third-order valence-corrected chi connectivity index (χ3v) is 3.16. The number of carboxylic acids is 1. The molecule has 0 amide bonds. The van der Waals surface area contributed by atoms with Gasteiger partial charge in [-0.1, -0.05) is 0 Å². The molecule has 1 N–H and O–H groups in total. The molecule has 4 nitrogen and oxygen atoms in total. The van der Waals surface area contributed by atoms with E-state index in [1.807, 2.05) is 13.8 Å². The largest absolute Gasteiger partial charge is 0.478 e. The van der Waals surface area contributed by atoms with Crippen molar-refractivity contribution in [2.45, 2.75) is 27.3 Å². The molecule has 2 aromatic rings. The second-order valence-electron chi connectivity index (χ2n) is 4.36. The van der Waals surface area contributed by atoms with Crippen LogP contribution in [0.4, 0.5) is 4.39 Å². The quantitative estimate of drug-likeness (QED) is 0.925. The Balaban J connectivity index is 2.74. The van der Waals surface area contributed by atoms with Crippen molar-refractivity contribution in [1.82, 2.24) is 9.78 Å². The number of hydrogen-bond donors (Lipinski definition) is 1. The minimum atomic E-state index is -1.07. The third kappa shape index (κ3) is 2.23. The molecule has 0 radical (unpaired) electrons. The highest BCUT2D eigenvalue weighted by Crippen LogP contribution is 2.30. The summed E-state index contributed by atoms with van der Waals surface area (Å²) < 4.78 is 15.2. The average molecular weight is 262 g/mol. The Bertz CT molecular complexity index is 647. The van der Waals surface area contributed by atoms with Crippen LogP contribution in [0.3, 0.4) is 0 Å². The van der Waals surface area contributed by atoms with Crippen LogP contribution in [-0.2, 0) is 6.54 Å². The minimum absolute atomic E-state index is 0.0863. The Hall–Kier alpha value is -2.17. The van der Waals surface area contributed by atoms with Crippen LogP contribution >= 0.6 is 0 Å². The first-order valence-corrected chi connectivity index (χ1v) is 6.03. The summed E-state index contributed by atoms with van der Waals surface area (Å²) in [4.78, 5) is 11.3. The summed E-state index contributed by atoms with van der Waals surface area (Å²) in [6, 6.07) is 3.69. The first-order chi connectivity index (χ1) is 8.95. The Labute approximate surface area is 110 Å². The van der Waals surface area contributed by atoms with Crippen LogP contribution < -0.4 is 0 Å². The van der Waals surface area contributed by atoms with Gasteiger partial charge in [-0.05, 0) is 39.0 Å². The maximum atomic E-state index is 13.4. The van der Waals surface area contributed by atoms with E-state index in [2.05, 4.69) is 5.10 Å². The van der Waals surface area contributed by atoms with Crippen molar-refractivity contribution >= 4 is 5.97 Å². The molecular weight excluding hydrogens is 247 g/mol. The lowest BCUT2D eigenvalue weighted by Gasteiger charge is -2.07. The van der Waals surface area contributed by atoms with Crippen LogP contribution in [0.25, 0.3) is 11.1 Å². The topological polar surface area (TPSA) is 55.1 Å². The van der Waals surface area contributed by atoms with Gasteiger partial charge in [-0.15, -0.1) is 0 Å². The highest BCUT2D eigenvalue weighted by atomic mass is 19.1. The van der Waals surface area contributed by atoms with E-state index in [1.165, 1.54) is 12.1 Å². The molecule has 2 rings (SSSR count). The summed E-state index contributed by atoms with van der Waals surface area (Å²) in [6.07, 6.45) is 0. The molecule has 5 heteroatoms. The van der Waals surface area contributed by atoms with Gasteiger partial charge in [0.1, 0.15) is 5.82 Å². The lowest BCUT2D eigenvalue weighted by Crippen LogP contribution is -2.02. The van der Waals surface area contributed by atoms with Crippen molar-refractivity contribution in [3.05, 3.63) is 41.0 Å². The summed E-state index contributed by atoms with van der Waals surface area (Å²) in [5.41, 5.74) is 2.70. The van der Waals surface area contributed by atoms with Crippen molar-refractivity contribution in [2.24, 2.45) is 0 Å². The van der Waals surface area contributed by atoms with Gasteiger partial charge in [-0.2, -0.15) is 5.10 Å². The molecule has 0 aliphatic heterocycles. The molecular formula is C14H15FN2O2. The van der Waals surface area contributed by atoms with Crippen molar-refractivity contribution in [3.8, 4) is 11.1 Å². The van der Waals surface area contributed by atoms with Crippen LogP contribution in [0.1, 0.15) is 28.7 Å². The number of aryl methyl sites for hydroxylation is 2. The monoisotopic (exact) mass is 262 g/mol. The van der Waals surface area contributed by atoms with E-state index in [9.17, 15) is 14.3 Å². The molecule has 0 fully saturated rings. The second-order valence-corrected chi connectivity index (χ2v) is 4.36. The Morgan fingerprint density at radius 1 is 1.42 bits per heavy atom. The van der Waals surface area contributed by atoms with Gasteiger partial charge in [0.15, 0.2) is 0 Å². The molecule has 0 spiro atoms. The lowest BCUT2D eigenvalue weighted by atomic mass is 9.98. The summed E-state index contributed by atoms with van der Waals surface area (Å²) in [7, 11) is 0. The number of carbonyl (C=O) groups is 1. The molecule has 100 valence electrons. The first kappa shape index (κ1) is 13.3. The maximum absolute atomic E-state index is 13.4. The summed E-state index contributed by atoms with van der Waals surface area (Å²) >= 11 is 0. The van der Waals surface area contributed by atoms with Crippen molar-refractivity contribution < 1.29 is 14.3 Å². The van der Waals surface area contributed by atoms with Gasteiger partial charge in [0.2, 0.25) is 0 Å². The fourth-order valence-corrected chi connectivity index (χ4v) is 2.30. The van der Waals surface area contributed by atoms with Crippen molar-refractivity contribution in [3.63, 3.8) is 0 Å². The van der Waals surface area contributed by atoms with Crippen LogP contribution in [0, 0.1) is 19.7 Å². The Kier molecular flexibility index (Phi) is 3.38. The molecule has 0 unspecified atom stereocenters. The van der Waals surface area contributed by atoms with Gasteiger partial charge in [0.25, 0.3) is 0 Å². The van der Waals surface area contributed by atoms with Gasteiger partial charge < -0.3 is 5.11 Å². The lowest BCUT2D eigenvalue weighted by molar-refractivity contribution is 0.0697. The number of nitrogens with zero attached hydrogens (tertiary/aromatic N) is 2. The number of aromatic nitrogens is 2. The zero-order valence-electron chi connectivity index (χ0n) is 11.1. The standard InChI is InChI=1S/C14H15FN2O2/c1-4-17-9(3)13(8(2)16-17)12-7-10(15)5-6-11(12)14(18)19/h5-7H,4H2,1-3H3,(H,18,19). The third-order valence-electron chi connectivity index (χ3n) is 3.16. The highest BCUT2D eigenvalue weighted by Gasteiger charge is 2.19. The second kappa shape index (κ2) is 4.84. The van der Waals surface area contributed by atoms with Crippen LogP contribution in [0.15, 0.2) is 18.2 Å². The van der Waals surface area contributed by atoms with E-state index >= 15 is 0 Å². The predicted octanol–water partition coefficient (Wildman–Crippen LogP) is 3.02. The molecule has 19 heavy (non-hydrogen) atoms. The SMILES string of the molecule is CCn1nc(C)c(-c2cc(F)ccc2C(=O)O)c1C. The molecule has 1 heterocycles. The van der Waals surface area contributed by atoms with Gasteiger partial charge in [0.05, 0.1) is 11.3 Å². The molecule has 0 aliphatic carbocycles. The van der Waals surface area contributed by atoms with Gasteiger partial charge in [-0.3, -0.25) is 4.68 Å². The van der Waals surface area contributed by atoms with Gasteiger partial charge in [0, 0.05) is 23.4 Å². The highest BCUT2D eigenvalue weighted by molar-refractivity contribution is 5.96. The molecule has 0 atom stereocenters. The van der Waals surface area contributed by atoms with E-state index in [4.69, 9.17) is 0 Å². The number of hydrogen-bond acceptors (Lipinski definition) is 2. The molecule has 1 aromatic carbocycles. The molecule has 0 saturated heterocycles. The van der Waals surface area contributed by atoms with Crippen molar-refractivity contribution in [2.75, 3.05) is 0 Å². The van der Waals surface area contributed by atoms with Gasteiger partial charge in [-0.25, -0.2) is 9.18 Å². The maximum Gasteiger partial charge on any atom is 0.336 e. The fourth-order valence-electron chi connectivity index (χ4n) is 2.30. The number of rotatable bonds is 3. The number of benzene rings is 1. The molecule has 0 aliphatic rings. The summed E-state index contributed by atoms with van der Waals surface area (Å²) in [5, 5.41) is 13.6. The molecule has 1 aromatic heterocycles. The number of aromatic carboxylic acids is 1. The average Bonchev–Trinajstić information content (AvgIpc) is 2.63. The zero-order valence-corrected chi connectivity index (χ0v) is 11.1. The van der Waals surface area contributed by atoms with Crippen LogP contribution in [0.2, 0.25) is 0 Å². The summed E-state index contributed by atoms with van der Waals surface area (Å²) in [5.74, 6) is -1.53. The number of halogens is 1. The summed E-state index contributed by atoms with van der Waals surface area (Å²) in [6.45, 7) is 6.29. The fraction of sp³-hybridized carbons (Fsp3) is 0.286. The molecule has 0 bridgehead atoms. The van der Waals surface area contributed by atoms with Crippen LogP contribution in [-0.4, -0.2) is 20.9 Å². The normalized spacial score (nSPS) is 10.7. The van der Waals surface area contributed by atoms with E-state index in [1.54, 1.807) is 11.6 Å². The first-order valence-electron chi connectivity index (χ1n) is 6.03. The Morgan fingerprint density at radius 3 is 2.63 bits per heavy atom. The predicted molar refractivity (Wildman–Crippen MR) is 69.7 cm³/mol. The smallest absolute Gasteiger partial charge is 0.336 e. The van der Waals surface area contributed by atoms with Crippen molar-refractivity contribution in [1.29, 1.82) is 0 Å². The van der Waals surface area contributed by atoms with Crippen LogP contribution in [0.5, 0.6) is 0 Å². The number of carboxylic acid groups (broad SMARTS) is 1. The van der Waals surface area contributed by atoms with E-state index in [-0.39, 0.29) is 5.56 Å². The Morgan fingerprint density at radius 2 is 2.11 bits per heavy atom. The molecule has 0 saturated carbocycles. The zero-order chi connectivity index (χ0) is 14.2. The minimum Gasteiger partial charge on any atom is -0.478 e. The van der Waals surface area contributed by atoms with E-state index < -0.39 is 11.8 Å². The van der Waals surface area contributed by atoms with E-state index in [0.29, 0.717) is 23.4 Å². The van der Waals surface area contributed by atoms with Gasteiger partial charge >= 0.3 is 5.97 Å². The van der Waals surface area contributed by atoms with E-state index in [0.717, 1.165) is 11.8 Å².